The first-order valence-electron chi connectivity index (χ1n) is 5.99. The van der Waals surface area contributed by atoms with Crippen LogP contribution in [0.5, 0.6) is 11.5 Å². The van der Waals surface area contributed by atoms with Crippen LogP contribution in [0, 0.1) is 0 Å². The molecule has 0 spiro atoms. The van der Waals surface area contributed by atoms with Crippen molar-refractivity contribution in [3.8, 4) is 11.5 Å². The summed E-state index contributed by atoms with van der Waals surface area (Å²) in [7, 11) is 0. The lowest BCUT2D eigenvalue weighted by Gasteiger charge is -2.21. The van der Waals surface area contributed by atoms with Gasteiger partial charge in [0.1, 0.15) is 13.2 Å². The fourth-order valence-corrected chi connectivity index (χ4v) is 1.76. The molecule has 0 aromatic heterocycles. The first kappa shape index (κ1) is 12.0. The van der Waals surface area contributed by atoms with Crippen molar-refractivity contribution in [1.29, 1.82) is 0 Å². The fraction of sp³-hybridized carbons (Fsp3) is 0.429. The van der Waals surface area contributed by atoms with Gasteiger partial charge in [-0.2, -0.15) is 0 Å². The second-order valence-corrected chi connectivity index (χ2v) is 4.35. The Bertz CT molecular complexity index is 409. The van der Waals surface area contributed by atoms with Crippen LogP contribution in [0.25, 0.3) is 0 Å². The molecule has 92 valence electrons. The quantitative estimate of drug-likeness (QED) is 0.640. The smallest absolute Gasteiger partial charge is 0.165 e. The van der Waals surface area contributed by atoms with E-state index in [1.54, 1.807) is 0 Å². The highest BCUT2D eigenvalue weighted by Crippen LogP contribution is 2.33. The van der Waals surface area contributed by atoms with E-state index in [2.05, 4.69) is 31.3 Å². The van der Waals surface area contributed by atoms with Gasteiger partial charge < -0.3 is 14.8 Å². The number of fused-ring (bicyclic) bond motifs is 1. The molecule has 17 heavy (non-hydrogen) atoms. The molecule has 2 rings (SSSR count). The summed E-state index contributed by atoms with van der Waals surface area (Å²) in [6, 6.07) is 6.03. The zero-order chi connectivity index (χ0) is 12.1. The van der Waals surface area contributed by atoms with Gasteiger partial charge in [-0.15, -0.1) is 0 Å². The summed E-state index contributed by atoms with van der Waals surface area (Å²) in [4.78, 5) is 0. The molecular weight excluding hydrogens is 214 g/mol. The third kappa shape index (κ3) is 3.24. The van der Waals surface area contributed by atoms with Crippen LogP contribution in [-0.2, 0) is 6.54 Å². The minimum Gasteiger partial charge on any atom is -0.486 e. The molecule has 0 unspecified atom stereocenters. The number of benzene rings is 1. The van der Waals surface area contributed by atoms with Crippen LogP contribution in [0.1, 0.15) is 19.4 Å². The Hall–Kier alpha value is -1.48. The summed E-state index contributed by atoms with van der Waals surface area (Å²) in [5.74, 6) is 1.75. The second-order valence-electron chi connectivity index (χ2n) is 4.35. The Morgan fingerprint density at radius 2 is 2.12 bits per heavy atom. The lowest BCUT2D eigenvalue weighted by Crippen LogP contribution is -2.19. The normalized spacial score (nSPS) is 13.3. The minimum absolute atomic E-state index is 0.637. The average molecular weight is 233 g/mol. The topological polar surface area (TPSA) is 30.5 Å². The van der Waals surface area contributed by atoms with E-state index in [1.165, 1.54) is 5.57 Å². The highest BCUT2D eigenvalue weighted by Gasteiger charge is 2.14. The van der Waals surface area contributed by atoms with Crippen LogP contribution in [0.4, 0.5) is 0 Å². The molecule has 1 aliphatic rings. The van der Waals surface area contributed by atoms with Gasteiger partial charge in [-0.3, -0.25) is 0 Å². The number of para-hydroxylation sites is 1. The van der Waals surface area contributed by atoms with Crippen molar-refractivity contribution in [3.05, 3.63) is 35.4 Å². The number of rotatable bonds is 4. The van der Waals surface area contributed by atoms with Gasteiger partial charge in [0.05, 0.1) is 0 Å². The Morgan fingerprint density at radius 1 is 1.29 bits per heavy atom. The first-order valence-corrected chi connectivity index (χ1v) is 5.99. The van der Waals surface area contributed by atoms with E-state index >= 15 is 0 Å². The molecule has 1 aliphatic heterocycles. The summed E-state index contributed by atoms with van der Waals surface area (Å²) in [6.07, 6.45) is 2.17. The van der Waals surface area contributed by atoms with Crippen molar-refractivity contribution in [2.24, 2.45) is 0 Å². The van der Waals surface area contributed by atoms with Gasteiger partial charge in [-0.1, -0.05) is 23.8 Å². The van der Waals surface area contributed by atoms with Crippen molar-refractivity contribution in [1.82, 2.24) is 5.32 Å². The van der Waals surface area contributed by atoms with Crippen molar-refractivity contribution in [2.75, 3.05) is 19.8 Å². The van der Waals surface area contributed by atoms with Crippen LogP contribution in [-0.4, -0.2) is 19.8 Å². The molecule has 0 saturated heterocycles. The molecule has 0 bridgehead atoms. The maximum atomic E-state index is 5.65. The van der Waals surface area contributed by atoms with Crippen molar-refractivity contribution >= 4 is 0 Å². The summed E-state index contributed by atoms with van der Waals surface area (Å²) in [5, 5.41) is 3.37. The largest absolute Gasteiger partial charge is 0.486 e. The molecule has 1 aromatic carbocycles. The lowest BCUT2D eigenvalue weighted by molar-refractivity contribution is 0.169. The predicted molar refractivity (Wildman–Crippen MR) is 68.6 cm³/mol. The summed E-state index contributed by atoms with van der Waals surface area (Å²) in [5.41, 5.74) is 2.48. The molecule has 1 heterocycles. The summed E-state index contributed by atoms with van der Waals surface area (Å²) in [6.45, 7) is 7.16. The molecule has 0 fully saturated rings. The average Bonchev–Trinajstić information content (AvgIpc) is 2.34. The maximum Gasteiger partial charge on any atom is 0.165 e. The van der Waals surface area contributed by atoms with Gasteiger partial charge >= 0.3 is 0 Å². The monoisotopic (exact) mass is 233 g/mol. The molecule has 1 N–H and O–H groups in total. The number of nitrogens with one attached hydrogen (secondary N) is 1. The van der Waals surface area contributed by atoms with Gasteiger partial charge in [0, 0.05) is 18.7 Å². The maximum absolute atomic E-state index is 5.65. The van der Waals surface area contributed by atoms with E-state index < -0.39 is 0 Å². The standard InChI is InChI=1S/C14H19NO2/c1-11(2)6-7-15-10-12-4-3-5-13-14(12)17-9-8-16-13/h3-6,15H,7-10H2,1-2H3. The molecule has 1 aromatic rings. The van der Waals surface area contributed by atoms with Crippen molar-refractivity contribution in [3.63, 3.8) is 0 Å². The minimum atomic E-state index is 0.637. The third-order valence-corrected chi connectivity index (χ3v) is 2.62. The van der Waals surface area contributed by atoms with E-state index in [0.717, 1.165) is 30.2 Å². The molecule has 3 heteroatoms. The van der Waals surface area contributed by atoms with E-state index in [4.69, 9.17) is 9.47 Å². The molecule has 0 saturated carbocycles. The Kier molecular flexibility index (Phi) is 4.04. The molecule has 0 radical (unpaired) electrons. The van der Waals surface area contributed by atoms with Crippen molar-refractivity contribution in [2.45, 2.75) is 20.4 Å². The number of hydrogen-bond donors (Lipinski definition) is 1. The highest BCUT2D eigenvalue weighted by atomic mass is 16.6. The molecular formula is C14H19NO2. The number of ether oxygens (including phenoxy) is 2. The van der Waals surface area contributed by atoms with E-state index in [0.29, 0.717) is 13.2 Å². The van der Waals surface area contributed by atoms with Gasteiger partial charge in [0.15, 0.2) is 11.5 Å². The summed E-state index contributed by atoms with van der Waals surface area (Å²) < 4.78 is 11.2. The zero-order valence-corrected chi connectivity index (χ0v) is 10.5. The van der Waals surface area contributed by atoms with E-state index in [-0.39, 0.29) is 0 Å². The predicted octanol–water partition coefficient (Wildman–Crippen LogP) is 2.51. The fourth-order valence-electron chi connectivity index (χ4n) is 1.76. The Morgan fingerprint density at radius 3 is 2.94 bits per heavy atom. The highest BCUT2D eigenvalue weighted by molar-refractivity contribution is 5.47. The van der Waals surface area contributed by atoms with E-state index in [1.807, 2.05) is 12.1 Å². The van der Waals surface area contributed by atoms with Gasteiger partial charge in [0.25, 0.3) is 0 Å². The molecule has 0 atom stereocenters. The SMILES string of the molecule is CC(C)=CCNCc1cccc2c1OCCO2. The molecule has 0 amide bonds. The Balaban J connectivity index is 1.98. The van der Waals surface area contributed by atoms with Crippen molar-refractivity contribution < 1.29 is 9.47 Å². The number of hydrogen-bond acceptors (Lipinski definition) is 3. The Labute approximate surface area is 102 Å². The van der Waals surface area contributed by atoms with Crippen LogP contribution in [0.2, 0.25) is 0 Å². The van der Waals surface area contributed by atoms with Gasteiger partial charge in [0.2, 0.25) is 0 Å². The molecule has 0 aliphatic carbocycles. The number of allylic oxidation sites excluding steroid dienone is 1. The van der Waals surface area contributed by atoms with Crippen LogP contribution in [0.3, 0.4) is 0 Å². The summed E-state index contributed by atoms with van der Waals surface area (Å²) >= 11 is 0. The zero-order valence-electron chi connectivity index (χ0n) is 10.5. The van der Waals surface area contributed by atoms with Gasteiger partial charge in [-0.25, -0.2) is 0 Å². The van der Waals surface area contributed by atoms with Gasteiger partial charge in [-0.05, 0) is 19.9 Å². The third-order valence-electron chi connectivity index (χ3n) is 2.62. The lowest BCUT2D eigenvalue weighted by atomic mass is 10.1. The van der Waals surface area contributed by atoms with Crippen LogP contribution < -0.4 is 14.8 Å². The van der Waals surface area contributed by atoms with E-state index in [9.17, 15) is 0 Å². The first-order chi connectivity index (χ1) is 8.27. The molecule has 3 nitrogen and oxygen atoms in total. The second kappa shape index (κ2) is 5.73. The van der Waals surface area contributed by atoms with Crippen LogP contribution >= 0.6 is 0 Å². The van der Waals surface area contributed by atoms with Crippen LogP contribution in [0.15, 0.2) is 29.8 Å².